The van der Waals surface area contributed by atoms with Crippen molar-refractivity contribution in [2.45, 2.75) is 44.3 Å². The topological polar surface area (TPSA) is 52.6 Å². The molecule has 1 heterocycles. The lowest BCUT2D eigenvalue weighted by Crippen LogP contribution is -2.39. The Bertz CT molecular complexity index is 472. The molecule has 1 saturated heterocycles. The number of cyclic esters (lactones) is 2. The number of rotatable bonds is 2. The third-order valence-electron chi connectivity index (χ3n) is 4.21. The molecule has 0 spiro atoms. The molecule has 106 valence electrons. The molecule has 0 N–H and O–H groups in total. The first-order valence-corrected chi connectivity index (χ1v) is 7.16. The van der Waals surface area contributed by atoms with Crippen molar-refractivity contribution < 1.29 is 19.1 Å². The normalized spacial score (nSPS) is 27.8. The predicted octanol–water partition coefficient (Wildman–Crippen LogP) is 2.78. The molecular weight excluding hydrogens is 256 g/mol. The summed E-state index contributed by atoms with van der Waals surface area (Å²) < 4.78 is 10.3. The van der Waals surface area contributed by atoms with E-state index in [1.165, 1.54) is 5.56 Å². The van der Waals surface area contributed by atoms with E-state index in [1.807, 2.05) is 6.07 Å². The summed E-state index contributed by atoms with van der Waals surface area (Å²) in [5.74, 6) is -0.224. The Morgan fingerprint density at radius 1 is 0.850 bits per heavy atom. The number of benzene rings is 1. The van der Waals surface area contributed by atoms with Crippen LogP contribution in [-0.2, 0) is 19.1 Å². The van der Waals surface area contributed by atoms with Crippen molar-refractivity contribution in [3.8, 4) is 0 Å². The summed E-state index contributed by atoms with van der Waals surface area (Å²) >= 11 is 0. The zero-order chi connectivity index (χ0) is 13.9. The SMILES string of the molecule is O=C1CC(=O)OC(C2CCC(c3ccccc3)CC2)O1. The molecule has 0 bridgehead atoms. The molecule has 1 aromatic carbocycles. The average Bonchev–Trinajstić information content (AvgIpc) is 2.47. The van der Waals surface area contributed by atoms with Crippen LogP contribution in [0.15, 0.2) is 30.3 Å². The predicted molar refractivity (Wildman–Crippen MR) is 71.7 cm³/mol. The van der Waals surface area contributed by atoms with Gasteiger partial charge in [-0.05, 0) is 37.2 Å². The minimum absolute atomic E-state index is 0.142. The van der Waals surface area contributed by atoms with E-state index in [1.54, 1.807) is 0 Å². The van der Waals surface area contributed by atoms with Crippen LogP contribution in [-0.4, -0.2) is 18.2 Å². The van der Waals surface area contributed by atoms with Gasteiger partial charge in [0.2, 0.25) is 6.29 Å². The minimum Gasteiger partial charge on any atom is -0.424 e. The quantitative estimate of drug-likeness (QED) is 0.614. The third kappa shape index (κ3) is 2.84. The largest absolute Gasteiger partial charge is 0.424 e. The Morgan fingerprint density at radius 2 is 1.45 bits per heavy atom. The fraction of sp³-hybridized carbons (Fsp3) is 0.500. The van der Waals surface area contributed by atoms with Crippen LogP contribution in [0.25, 0.3) is 0 Å². The molecule has 0 amide bonds. The Labute approximate surface area is 118 Å². The molecule has 1 aliphatic heterocycles. The van der Waals surface area contributed by atoms with Gasteiger partial charge in [-0.3, -0.25) is 9.59 Å². The molecule has 1 saturated carbocycles. The van der Waals surface area contributed by atoms with Gasteiger partial charge in [0.05, 0.1) is 0 Å². The molecule has 2 aliphatic rings. The maximum atomic E-state index is 11.3. The van der Waals surface area contributed by atoms with Crippen LogP contribution in [0.2, 0.25) is 0 Å². The second-order valence-electron chi connectivity index (χ2n) is 5.55. The Hall–Kier alpha value is -1.84. The Morgan fingerprint density at radius 3 is 2.05 bits per heavy atom. The van der Waals surface area contributed by atoms with Crippen LogP contribution >= 0.6 is 0 Å². The summed E-state index contributed by atoms with van der Waals surface area (Å²) in [6, 6.07) is 10.5. The van der Waals surface area contributed by atoms with Crippen LogP contribution < -0.4 is 0 Å². The smallest absolute Gasteiger partial charge is 0.320 e. The van der Waals surface area contributed by atoms with Crippen LogP contribution in [0, 0.1) is 5.92 Å². The zero-order valence-electron chi connectivity index (χ0n) is 11.3. The van der Waals surface area contributed by atoms with Crippen molar-refractivity contribution in [1.29, 1.82) is 0 Å². The van der Waals surface area contributed by atoms with Gasteiger partial charge >= 0.3 is 11.9 Å². The van der Waals surface area contributed by atoms with Gasteiger partial charge in [0.25, 0.3) is 0 Å². The van der Waals surface area contributed by atoms with Crippen LogP contribution in [0.5, 0.6) is 0 Å². The molecule has 2 fully saturated rings. The van der Waals surface area contributed by atoms with Gasteiger partial charge in [-0.2, -0.15) is 0 Å². The van der Waals surface area contributed by atoms with E-state index in [0.29, 0.717) is 5.92 Å². The van der Waals surface area contributed by atoms with Gasteiger partial charge in [-0.15, -0.1) is 0 Å². The minimum atomic E-state index is -0.666. The van der Waals surface area contributed by atoms with E-state index in [2.05, 4.69) is 24.3 Å². The molecule has 1 aromatic rings. The van der Waals surface area contributed by atoms with E-state index in [9.17, 15) is 9.59 Å². The van der Waals surface area contributed by atoms with Crippen LogP contribution in [0.3, 0.4) is 0 Å². The molecule has 0 unspecified atom stereocenters. The molecule has 1 aliphatic carbocycles. The van der Waals surface area contributed by atoms with Gasteiger partial charge < -0.3 is 9.47 Å². The van der Waals surface area contributed by atoms with E-state index in [4.69, 9.17) is 9.47 Å². The maximum absolute atomic E-state index is 11.3. The molecule has 0 aromatic heterocycles. The fourth-order valence-electron chi connectivity index (χ4n) is 3.13. The summed E-state index contributed by atoms with van der Waals surface area (Å²) in [6.45, 7) is 0. The number of carbonyl (C=O) groups is 2. The lowest BCUT2D eigenvalue weighted by molar-refractivity contribution is -0.215. The van der Waals surface area contributed by atoms with Crippen molar-refractivity contribution in [2.24, 2.45) is 5.92 Å². The first-order valence-electron chi connectivity index (χ1n) is 7.16. The summed E-state index contributed by atoms with van der Waals surface area (Å²) in [7, 11) is 0. The first-order chi connectivity index (χ1) is 9.72. The monoisotopic (exact) mass is 274 g/mol. The summed E-state index contributed by atoms with van der Waals surface area (Å²) in [5, 5.41) is 0. The van der Waals surface area contributed by atoms with Crippen LogP contribution in [0.1, 0.15) is 43.6 Å². The van der Waals surface area contributed by atoms with E-state index >= 15 is 0 Å². The number of hydrogen-bond donors (Lipinski definition) is 0. The van der Waals surface area contributed by atoms with Crippen LogP contribution in [0.4, 0.5) is 0 Å². The van der Waals surface area contributed by atoms with Crippen molar-refractivity contribution in [1.82, 2.24) is 0 Å². The second kappa shape index (κ2) is 5.65. The number of esters is 2. The highest BCUT2D eigenvalue weighted by Gasteiger charge is 2.36. The summed E-state index contributed by atoms with van der Waals surface area (Å²) in [6.07, 6.45) is 3.01. The highest BCUT2D eigenvalue weighted by molar-refractivity contribution is 5.92. The number of carbonyl (C=O) groups excluding carboxylic acids is 2. The summed E-state index contributed by atoms with van der Waals surface area (Å²) in [5.41, 5.74) is 1.36. The van der Waals surface area contributed by atoms with E-state index < -0.39 is 18.2 Å². The molecule has 0 atom stereocenters. The molecule has 20 heavy (non-hydrogen) atoms. The van der Waals surface area contributed by atoms with E-state index in [0.717, 1.165) is 25.7 Å². The molecule has 4 nitrogen and oxygen atoms in total. The van der Waals surface area contributed by atoms with Crippen molar-refractivity contribution in [3.05, 3.63) is 35.9 Å². The first kappa shape index (κ1) is 13.2. The molecule has 4 heteroatoms. The maximum Gasteiger partial charge on any atom is 0.320 e. The van der Waals surface area contributed by atoms with Gasteiger partial charge in [-0.1, -0.05) is 30.3 Å². The van der Waals surface area contributed by atoms with Crippen molar-refractivity contribution in [3.63, 3.8) is 0 Å². The van der Waals surface area contributed by atoms with Gasteiger partial charge in [0, 0.05) is 5.92 Å². The Kier molecular flexibility index (Phi) is 3.72. The lowest BCUT2D eigenvalue weighted by atomic mass is 9.78. The highest BCUT2D eigenvalue weighted by Crippen LogP contribution is 2.38. The average molecular weight is 274 g/mol. The molecule has 0 radical (unpaired) electrons. The Balaban J connectivity index is 1.58. The zero-order valence-corrected chi connectivity index (χ0v) is 11.3. The molecular formula is C16H18O4. The fourth-order valence-corrected chi connectivity index (χ4v) is 3.13. The van der Waals surface area contributed by atoms with Crippen molar-refractivity contribution in [2.75, 3.05) is 0 Å². The van der Waals surface area contributed by atoms with Gasteiger partial charge in [0.15, 0.2) is 0 Å². The number of hydrogen-bond acceptors (Lipinski definition) is 4. The van der Waals surface area contributed by atoms with Gasteiger partial charge in [0.1, 0.15) is 6.42 Å². The summed E-state index contributed by atoms with van der Waals surface area (Å²) in [4.78, 5) is 22.6. The third-order valence-corrected chi connectivity index (χ3v) is 4.21. The lowest BCUT2D eigenvalue weighted by Gasteiger charge is -2.34. The number of ether oxygens (including phenoxy) is 2. The van der Waals surface area contributed by atoms with E-state index in [-0.39, 0.29) is 12.3 Å². The van der Waals surface area contributed by atoms with Crippen molar-refractivity contribution >= 4 is 11.9 Å². The highest BCUT2D eigenvalue weighted by atomic mass is 16.7. The second-order valence-corrected chi connectivity index (χ2v) is 5.55. The molecule has 3 rings (SSSR count). The standard InChI is InChI=1S/C16H18O4/c17-14-10-15(18)20-16(19-14)13-8-6-12(7-9-13)11-4-2-1-3-5-11/h1-5,12-13,16H,6-10H2. The van der Waals surface area contributed by atoms with Gasteiger partial charge in [-0.25, -0.2) is 0 Å².